The van der Waals surface area contributed by atoms with Crippen LogP contribution < -0.4 is 10.0 Å². The zero-order valence-corrected chi connectivity index (χ0v) is 23.7. The van der Waals surface area contributed by atoms with E-state index in [4.69, 9.17) is 0 Å². The Balaban J connectivity index is 1.40. The van der Waals surface area contributed by atoms with Crippen molar-refractivity contribution < 1.29 is 23.4 Å². The summed E-state index contributed by atoms with van der Waals surface area (Å²) in [6.07, 6.45) is 9.77. The first-order chi connectivity index (χ1) is 16.8. The van der Waals surface area contributed by atoms with Crippen LogP contribution in [0.5, 0.6) is 0 Å². The van der Waals surface area contributed by atoms with E-state index in [1.165, 1.54) is 20.5 Å². The molecule has 8 nitrogen and oxygen atoms in total. The van der Waals surface area contributed by atoms with Crippen LogP contribution in [-0.2, 0) is 10.2 Å². The topological polar surface area (TPSA) is 119 Å². The zero-order chi connectivity index (χ0) is 26.5. The van der Waals surface area contributed by atoms with Gasteiger partial charge in [-0.05, 0) is 104 Å². The van der Waals surface area contributed by atoms with Crippen LogP contribution in [0.3, 0.4) is 0 Å². The maximum absolute atomic E-state index is 12.0. The van der Waals surface area contributed by atoms with Crippen molar-refractivity contribution in [1.29, 1.82) is 0 Å². The van der Waals surface area contributed by atoms with Crippen LogP contribution in [0, 0.1) is 46.3 Å². The van der Waals surface area contributed by atoms with Gasteiger partial charge in [-0.15, -0.1) is 0 Å². The minimum Gasteiger partial charge on any atom is -0.393 e. The molecule has 10 atom stereocenters. The summed E-state index contributed by atoms with van der Waals surface area (Å²) in [6, 6.07) is -0.684. The second-order valence-electron chi connectivity index (χ2n) is 13.0. The molecule has 9 heteroatoms. The van der Waals surface area contributed by atoms with E-state index in [2.05, 4.69) is 26.1 Å². The predicted molar refractivity (Wildman–Crippen MR) is 140 cm³/mol. The summed E-state index contributed by atoms with van der Waals surface area (Å²) in [5.74, 6) is 2.65. The molecule has 36 heavy (non-hydrogen) atoms. The van der Waals surface area contributed by atoms with Gasteiger partial charge in [0.1, 0.15) is 0 Å². The van der Waals surface area contributed by atoms with Crippen molar-refractivity contribution in [1.82, 2.24) is 14.3 Å². The summed E-state index contributed by atoms with van der Waals surface area (Å²) >= 11 is 0. The average Bonchev–Trinajstić information content (AvgIpc) is 3.14. The third-order valence-electron chi connectivity index (χ3n) is 11.3. The Bertz CT molecular complexity index is 913. The lowest BCUT2D eigenvalue weighted by molar-refractivity contribution is -0.202. The van der Waals surface area contributed by atoms with Crippen LogP contribution in [0.2, 0.25) is 0 Å². The molecule has 4 aliphatic rings. The molecule has 2 amide bonds. The third kappa shape index (κ3) is 4.82. The summed E-state index contributed by atoms with van der Waals surface area (Å²) in [6.45, 7) is 7.57. The molecular formula is C27H49N3O5S. The van der Waals surface area contributed by atoms with E-state index in [9.17, 15) is 23.4 Å². The average molecular weight is 528 g/mol. The quantitative estimate of drug-likeness (QED) is 0.378. The molecule has 0 spiro atoms. The van der Waals surface area contributed by atoms with Crippen molar-refractivity contribution in [3.8, 4) is 0 Å². The van der Waals surface area contributed by atoms with Gasteiger partial charge in [-0.1, -0.05) is 27.2 Å². The molecule has 0 aromatic rings. The van der Waals surface area contributed by atoms with Crippen molar-refractivity contribution in [2.75, 3.05) is 20.6 Å². The smallest absolute Gasteiger partial charge is 0.329 e. The second kappa shape index (κ2) is 10.3. The Labute approximate surface area is 218 Å². The Hall–Kier alpha value is -0.900. The Morgan fingerprint density at radius 1 is 1.00 bits per heavy atom. The molecule has 0 aromatic heterocycles. The molecule has 0 saturated heterocycles. The van der Waals surface area contributed by atoms with Crippen LogP contribution in [0.25, 0.3) is 0 Å². The fraction of sp³-hybridized carbons (Fsp3) is 0.963. The molecule has 0 aliphatic heterocycles. The second-order valence-corrected chi connectivity index (χ2v) is 14.9. The van der Waals surface area contributed by atoms with Crippen LogP contribution >= 0.6 is 0 Å². The lowest BCUT2D eigenvalue weighted by Gasteiger charge is -2.64. The number of nitrogens with zero attached hydrogens (tertiary/aromatic N) is 1. The molecule has 0 heterocycles. The molecular weight excluding hydrogens is 478 g/mol. The van der Waals surface area contributed by atoms with Gasteiger partial charge in [-0.25, -0.2) is 9.52 Å². The first-order valence-corrected chi connectivity index (χ1v) is 15.6. The first-order valence-electron chi connectivity index (χ1n) is 14.2. The highest BCUT2D eigenvalue weighted by molar-refractivity contribution is 7.87. The molecule has 4 fully saturated rings. The van der Waals surface area contributed by atoms with Gasteiger partial charge in [0.25, 0.3) is 0 Å². The highest BCUT2D eigenvalue weighted by Gasteiger charge is 2.64. The fourth-order valence-corrected chi connectivity index (χ4v) is 9.82. The normalized spacial score (nSPS) is 44.4. The molecule has 4 N–H and O–H groups in total. The van der Waals surface area contributed by atoms with Gasteiger partial charge in [0.15, 0.2) is 0 Å². The van der Waals surface area contributed by atoms with Gasteiger partial charge in [0.2, 0.25) is 0 Å². The number of amides is 2. The van der Waals surface area contributed by atoms with Crippen LogP contribution in [0.1, 0.15) is 85.0 Å². The minimum atomic E-state index is -3.78. The van der Waals surface area contributed by atoms with E-state index in [0.717, 1.165) is 62.1 Å². The van der Waals surface area contributed by atoms with Gasteiger partial charge in [0.05, 0.1) is 12.2 Å². The van der Waals surface area contributed by atoms with Crippen molar-refractivity contribution in [3.63, 3.8) is 0 Å². The first kappa shape index (κ1) is 28.1. The highest BCUT2D eigenvalue weighted by atomic mass is 32.2. The molecule has 208 valence electrons. The van der Waals surface area contributed by atoms with Crippen LogP contribution in [0.15, 0.2) is 0 Å². The number of aliphatic hydroxyl groups excluding tert-OH is 2. The van der Waals surface area contributed by atoms with E-state index < -0.39 is 16.2 Å². The fourth-order valence-electron chi connectivity index (χ4n) is 9.34. The summed E-state index contributed by atoms with van der Waals surface area (Å²) in [7, 11) is -1.02. The van der Waals surface area contributed by atoms with Crippen molar-refractivity contribution >= 4 is 16.2 Å². The van der Waals surface area contributed by atoms with E-state index in [1.807, 2.05) is 4.72 Å². The maximum Gasteiger partial charge on any atom is 0.329 e. The number of hydrogen-bond acceptors (Lipinski definition) is 5. The molecule has 0 bridgehead atoms. The number of carbonyl (C=O) groups is 1. The summed E-state index contributed by atoms with van der Waals surface area (Å²) in [5, 5.41) is 24.9. The summed E-state index contributed by atoms with van der Waals surface area (Å²) in [4.78, 5) is 12.0. The van der Waals surface area contributed by atoms with Gasteiger partial charge in [-0.2, -0.15) is 12.7 Å². The Morgan fingerprint density at radius 2 is 1.67 bits per heavy atom. The summed E-state index contributed by atoms with van der Waals surface area (Å²) < 4.78 is 26.6. The van der Waals surface area contributed by atoms with Crippen molar-refractivity contribution in [2.45, 2.75) is 97.2 Å². The van der Waals surface area contributed by atoms with E-state index >= 15 is 0 Å². The standard InChI is InChI=1S/C27H49N3O5S/c1-6-19-22-16-18(31)11-13-27(22,3)21-12-14-26(2)17(9-10-20(26)23(21)24(19)32)8-7-15-28-25(33)29-36(34,35)30(4)5/h17-24,31-32H,6-16H2,1-5H3,(H2,28,29,33)/t17-,18+,19+,20-,21-,22-,23-,24+,26+,27+/m0/s1. The molecule has 0 radical (unpaired) electrons. The lowest BCUT2D eigenvalue weighted by atomic mass is 9.41. The molecule has 4 rings (SSSR count). The van der Waals surface area contributed by atoms with Crippen molar-refractivity contribution in [2.24, 2.45) is 46.3 Å². The lowest BCUT2D eigenvalue weighted by Crippen LogP contribution is -2.62. The van der Waals surface area contributed by atoms with Gasteiger partial charge >= 0.3 is 16.2 Å². The SMILES string of the molecule is CC[C@H]1[C@@H](O)[C@@H]2[C@H](CC[C@]3(C)[C@@H](CCCNC(=O)NS(=O)(=O)N(C)C)CC[C@@H]23)[C@@]2(C)CC[C@@H](O)C[C@@H]12. The number of hydrogen-bond donors (Lipinski definition) is 4. The van der Waals surface area contributed by atoms with E-state index in [1.54, 1.807) is 0 Å². The predicted octanol–water partition coefficient (Wildman–Crippen LogP) is 3.50. The van der Waals surface area contributed by atoms with E-state index in [0.29, 0.717) is 36.1 Å². The largest absolute Gasteiger partial charge is 0.393 e. The van der Waals surface area contributed by atoms with Crippen LogP contribution in [0.4, 0.5) is 4.79 Å². The van der Waals surface area contributed by atoms with E-state index in [-0.39, 0.29) is 29.0 Å². The summed E-state index contributed by atoms with van der Waals surface area (Å²) in [5.41, 5.74) is 0.418. The number of fused-ring (bicyclic) bond motifs is 5. The third-order valence-corrected chi connectivity index (χ3v) is 12.7. The monoisotopic (exact) mass is 527 g/mol. The van der Waals surface area contributed by atoms with Gasteiger partial charge < -0.3 is 15.5 Å². The number of carbonyl (C=O) groups excluding carboxylic acids is 1. The van der Waals surface area contributed by atoms with Crippen LogP contribution in [-0.4, -0.2) is 61.8 Å². The van der Waals surface area contributed by atoms with Crippen molar-refractivity contribution in [3.05, 3.63) is 0 Å². The van der Waals surface area contributed by atoms with Gasteiger partial charge in [-0.3, -0.25) is 0 Å². The number of rotatable bonds is 7. The molecule has 0 unspecified atom stereocenters. The number of nitrogens with one attached hydrogen (secondary N) is 2. The minimum absolute atomic E-state index is 0.203. The number of aliphatic hydroxyl groups is 2. The zero-order valence-electron chi connectivity index (χ0n) is 22.9. The number of urea groups is 1. The van der Waals surface area contributed by atoms with Gasteiger partial charge in [0, 0.05) is 20.6 Å². The Morgan fingerprint density at radius 3 is 2.33 bits per heavy atom. The Kier molecular flexibility index (Phi) is 8.08. The molecule has 4 aliphatic carbocycles. The highest BCUT2D eigenvalue weighted by Crippen LogP contribution is 2.69. The molecule has 0 aromatic carbocycles. The maximum atomic E-state index is 12.0. The molecule has 4 saturated carbocycles.